The number of carbonyl (C=O) groups excluding carboxylic acids is 1. The van der Waals surface area contributed by atoms with E-state index in [1.165, 1.54) is 24.3 Å². The molecule has 0 bridgehead atoms. The van der Waals surface area contributed by atoms with E-state index in [1.807, 2.05) is 0 Å². The van der Waals surface area contributed by atoms with Gasteiger partial charge >= 0.3 is 0 Å². The second-order valence-electron chi connectivity index (χ2n) is 6.73. The lowest BCUT2D eigenvalue weighted by Gasteiger charge is -2.09. The smallest absolute Gasteiger partial charge is 0.209 e. The van der Waals surface area contributed by atoms with Crippen LogP contribution in [0.3, 0.4) is 0 Å². The molecule has 0 radical (unpaired) electrons. The molecule has 0 aliphatic carbocycles. The molecule has 152 valence electrons. The van der Waals surface area contributed by atoms with Crippen LogP contribution in [-0.4, -0.2) is 23.6 Å². The van der Waals surface area contributed by atoms with Crippen molar-refractivity contribution in [1.29, 1.82) is 0 Å². The Kier molecular flexibility index (Phi) is 5.64. The first-order chi connectivity index (χ1) is 14.4. The van der Waals surface area contributed by atoms with Gasteiger partial charge in [0, 0.05) is 30.6 Å². The maximum Gasteiger partial charge on any atom is 0.209 e. The molecular formula is C22H16Cl2N2O3S. The van der Waals surface area contributed by atoms with Gasteiger partial charge in [0.15, 0.2) is 5.78 Å². The second kappa shape index (κ2) is 8.22. The van der Waals surface area contributed by atoms with E-state index in [4.69, 9.17) is 23.2 Å². The van der Waals surface area contributed by atoms with Crippen LogP contribution in [0.5, 0.6) is 0 Å². The molecule has 0 aliphatic heterocycles. The summed E-state index contributed by atoms with van der Waals surface area (Å²) < 4.78 is 27.6. The number of benzene rings is 2. The summed E-state index contributed by atoms with van der Waals surface area (Å²) in [5.74, 6) is 0.00477. The number of fused-ring (bicyclic) bond motifs is 1. The number of nitrogens with zero attached hydrogens (tertiary/aromatic N) is 2. The number of ketones is 1. The molecule has 0 saturated carbocycles. The van der Waals surface area contributed by atoms with Crippen molar-refractivity contribution in [3.05, 3.63) is 94.4 Å². The number of aromatic nitrogens is 2. The Labute approximate surface area is 183 Å². The highest BCUT2D eigenvalue weighted by Crippen LogP contribution is 2.33. The number of hydrogen-bond acceptors (Lipinski definition) is 4. The fourth-order valence-corrected chi connectivity index (χ4v) is 5.57. The van der Waals surface area contributed by atoms with Gasteiger partial charge in [-0.25, -0.2) is 13.4 Å². The van der Waals surface area contributed by atoms with Crippen LogP contribution in [-0.2, 0) is 16.3 Å². The van der Waals surface area contributed by atoms with Crippen LogP contribution in [0, 0.1) is 0 Å². The quantitative estimate of drug-likeness (QED) is 0.368. The largest absolute Gasteiger partial charge is 0.306 e. The van der Waals surface area contributed by atoms with Crippen molar-refractivity contribution in [2.75, 3.05) is 0 Å². The molecule has 5 nitrogen and oxygen atoms in total. The number of rotatable bonds is 6. The molecule has 2 heterocycles. The zero-order valence-corrected chi connectivity index (χ0v) is 18.0. The van der Waals surface area contributed by atoms with Gasteiger partial charge in [-0.15, -0.1) is 0 Å². The van der Waals surface area contributed by atoms with Gasteiger partial charge in [0.05, 0.1) is 14.9 Å². The van der Waals surface area contributed by atoms with Crippen molar-refractivity contribution in [2.45, 2.75) is 22.6 Å². The summed E-state index contributed by atoms with van der Waals surface area (Å²) in [5, 5.41) is 0.152. The van der Waals surface area contributed by atoms with Gasteiger partial charge in [-0.3, -0.25) is 4.79 Å². The summed E-state index contributed by atoms with van der Waals surface area (Å²) in [6.45, 7) is 0. The summed E-state index contributed by atoms with van der Waals surface area (Å²) in [5.41, 5.74) is 2.24. The van der Waals surface area contributed by atoms with Crippen molar-refractivity contribution < 1.29 is 13.2 Å². The fourth-order valence-electron chi connectivity index (χ4n) is 3.18. The molecule has 0 saturated heterocycles. The molecule has 0 N–H and O–H groups in total. The molecule has 30 heavy (non-hydrogen) atoms. The highest BCUT2D eigenvalue weighted by molar-refractivity contribution is 7.91. The number of pyridine rings is 1. The Morgan fingerprint density at radius 1 is 0.967 bits per heavy atom. The zero-order chi connectivity index (χ0) is 21.3. The summed E-state index contributed by atoms with van der Waals surface area (Å²) >= 11 is 12.1. The summed E-state index contributed by atoms with van der Waals surface area (Å²) in [4.78, 5) is 16.7. The van der Waals surface area contributed by atoms with Crippen molar-refractivity contribution >= 4 is 44.5 Å². The van der Waals surface area contributed by atoms with E-state index in [-0.39, 0.29) is 25.6 Å². The number of imidazole rings is 1. The van der Waals surface area contributed by atoms with Gasteiger partial charge in [-0.1, -0.05) is 41.4 Å². The highest BCUT2D eigenvalue weighted by Gasteiger charge is 2.23. The predicted octanol–water partition coefficient (Wildman–Crippen LogP) is 5.29. The van der Waals surface area contributed by atoms with Crippen LogP contribution in [0.15, 0.2) is 83.0 Å². The molecule has 8 heteroatoms. The van der Waals surface area contributed by atoms with E-state index >= 15 is 0 Å². The molecule has 0 atom stereocenters. The monoisotopic (exact) mass is 458 g/mol. The number of hydrogen-bond donors (Lipinski definition) is 0. The van der Waals surface area contributed by atoms with Gasteiger partial charge in [0.25, 0.3) is 0 Å². The van der Waals surface area contributed by atoms with Crippen LogP contribution >= 0.6 is 23.2 Å². The Bertz CT molecular complexity index is 1330. The van der Waals surface area contributed by atoms with E-state index in [1.54, 1.807) is 53.3 Å². The minimum Gasteiger partial charge on any atom is -0.306 e. The van der Waals surface area contributed by atoms with Gasteiger partial charge < -0.3 is 4.40 Å². The minimum atomic E-state index is -3.85. The third-order valence-corrected chi connectivity index (χ3v) is 7.50. The first-order valence-corrected chi connectivity index (χ1v) is 11.3. The first kappa shape index (κ1) is 20.6. The lowest BCUT2D eigenvalue weighted by Crippen LogP contribution is -2.05. The number of carbonyl (C=O) groups is 1. The molecule has 4 rings (SSSR count). The molecule has 0 unspecified atom stereocenters. The van der Waals surface area contributed by atoms with E-state index in [9.17, 15) is 13.2 Å². The van der Waals surface area contributed by atoms with Crippen LogP contribution in [0.1, 0.15) is 22.3 Å². The topological polar surface area (TPSA) is 68.5 Å². The normalized spacial score (nSPS) is 11.7. The average molecular weight is 459 g/mol. The van der Waals surface area contributed by atoms with E-state index in [0.29, 0.717) is 18.4 Å². The average Bonchev–Trinajstić information content (AvgIpc) is 3.20. The zero-order valence-electron chi connectivity index (χ0n) is 15.6. The van der Waals surface area contributed by atoms with Crippen molar-refractivity contribution in [2.24, 2.45) is 0 Å². The molecule has 0 aliphatic rings. The van der Waals surface area contributed by atoms with Crippen LogP contribution in [0.2, 0.25) is 10.0 Å². The van der Waals surface area contributed by atoms with Gasteiger partial charge in [0.1, 0.15) is 10.5 Å². The third kappa shape index (κ3) is 3.99. The molecule has 2 aromatic heterocycles. The molecular weight excluding hydrogens is 443 g/mol. The highest BCUT2D eigenvalue weighted by atomic mass is 35.5. The van der Waals surface area contributed by atoms with E-state index in [0.717, 1.165) is 11.2 Å². The first-order valence-electron chi connectivity index (χ1n) is 9.10. The third-order valence-electron chi connectivity index (χ3n) is 4.77. The van der Waals surface area contributed by atoms with Crippen molar-refractivity contribution in [3.8, 4) is 0 Å². The van der Waals surface area contributed by atoms with Crippen molar-refractivity contribution in [3.63, 3.8) is 0 Å². The lowest BCUT2D eigenvalue weighted by atomic mass is 10.0. The van der Waals surface area contributed by atoms with Crippen LogP contribution < -0.4 is 0 Å². The molecule has 4 aromatic rings. The Balaban J connectivity index is 1.49. The van der Waals surface area contributed by atoms with Crippen LogP contribution in [0.25, 0.3) is 5.65 Å². The molecule has 2 aromatic carbocycles. The summed E-state index contributed by atoms with van der Waals surface area (Å²) in [6.07, 6.45) is 6.02. The summed E-state index contributed by atoms with van der Waals surface area (Å²) in [6, 6.07) is 14.5. The maximum atomic E-state index is 12.9. The van der Waals surface area contributed by atoms with Crippen LogP contribution in [0.4, 0.5) is 0 Å². The minimum absolute atomic E-state index is 0.00477. The van der Waals surface area contributed by atoms with E-state index < -0.39 is 9.84 Å². The molecule has 0 spiro atoms. The summed E-state index contributed by atoms with van der Waals surface area (Å²) in [7, 11) is -3.85. The Hall–Kier alpha value is -2.67. The predicted molar refractivity (Wildman–Crippen MR) is 116 cm³/mol. The van der Waals surface area contributed by atoms with Crippen molar-refractivity contribution in [1.82, 2.24) is 9.38 Å². The van der Waals surface area contributed by atoms with Gasteiger partial charge in [-0.2, -0.15) is 0 Å². The molecule has 0 amide bonds. The fraction of sp³-hybridized carbons (Fsp3) is 0.0909. The SMILES string of the molecule is O=C(CCc1ccc(S(=O)(=O)c2c(Cl)cccc2Cl)cc1)c1ccc2nccn2c1. The van der Waals surface area contributed by atoms with E-state index in [2.05, 4.69) is 4.98 Å². The Morgan fingerprint density at radius 3 is 2.37 bits per heavy atom. The number of sulfone groups is 1. The van der Waals surface area contributed by atoms with Gasteiger partial charge in [-0.05, 0) is 48.4 Å². The number of halogens is 2. The molecule has 0 fully saturated rings. The number of aryl methyl sites for hydroxylation is 1. The Morgan fingerprint density at radius 2 is 1.67 bits per heavy atom. The second-order valence-corrected chi connectivity index (χ2v) is 9.43. The van der Waals surface area contributed by atoms with Gasteiger partial charge in [0.2, 0.25) is 9.84 Å². The number of Topliss-reactive ketones (excluding diaryl/α,β-unsaturated/α-hetero) is 1. The standard InChI is InChI=1S/C22H16Cl2N2O3S/c23-18-2-1-3-19(24)22(18)30(28,29)17-8-4-15(5-9-17)6-10-20(27)16-7-11-21-25-12-13-26(21)14-16/h1-5,7-9,11-14H,6,10H2. The lowest BCUT2D eigenvalue weighted by molar-refractivity contribution is 0.0982. The maximum absolute atomic E-state index is 12.9.